The molecule has 0 aromatic carbocycles. The van der Waals surface area contributed by atoms with Crippen LogP contribution in [-0.4, -0.2) is 10.1 Å². The maximum Gasteiger partial charge on any atom is 0.0225 e. The molecule has 0 saturated heterocycles. The fourth-order valence-corrected chi connectivity index (χ4v) is 2.56. The molecule has 0 atom stereocenters. The van der Waals surface area contributed by atoms with Gasteiger partial charge in [0.15, 0.2) is 0 Å². The third-order valence-electron chi connectivity index (χ3n) is 3.99. The van der Waals surface area contributed by atoms with E-state index in [1.807, 2.05) is 0 Å². The molecule has 1 heterocycles. The van der Waals surface area contributed by atoms with Crippen LogP contribution in [0.4, 0.5) is 0 Å². The van der Waals surface area contributed by atoms with Crippen molar-refractivity contribution in [3.05, 3.63) is 24.0 Å². The molecule has 1 aromatic heterocycles. The highest BCUT2D eigenvalue weighted by Gasteiger charge is 2.28. The molecule has 1 aromatic rings. The van der Waals surface area contributed by atoms with Crippen LogP contribution in [0.15, 0.2) is 18.5 Å². The number of nitrogens with one attached hydrogen (secondary N) is 1. The van der Waals surface area contributed by atoms with Gasteiger partial charge in [-0.15, -0.1) is 0 Å². The molecule has 1 N–H and O–H groups in total. The van der Waals surface area contributed by atoms with E-state index in [1.54, 1.807) is 0 Å². The van der Waals surface area contributed by atoms with E-state index in [0.717, 1.165) is 12.5 Å². The van der Waals surface area contributed by atoms with Crippen molar-refractivity contribution < 1.29 is 0 Å². The molecule has 1 aliphatic carbocycles. The summed E-state index contributed by atoms with van der Waals surface area (Å²) in [4.78, 5) is 0. The Morgan fingerprint density at radius 1 is 1.44 bits per heavy atom. The highest BCUT2D eigenvalue weighted by molar-refractivity contribution is 5.10. The van der Waals surface area contributed by atoms with Crippen LogP contribution >= 0.6 is 0 Å². The zero-order chi connectivity index (χ0) is 11.6. The standard InChI is InChI=1S/C14H24N2/c1-12-4-7-14(2,8-5-12)15-10-13-6-9-16(3)11-13/h6,9,11-12,15H,4-5,7-8,10H2,1-3H3. The topological polar surface area (TPSA) is 17.0 Å². The minimum absolute atomic E-state index is 0.363. The van der Waals surface area contributed by atoms with Gasteiger partial charge in [-0.05, 0) is 50.2 Å². The van der Waals surface area contributed by atoms with E-state index >= 15 is 0 Å². The van der Waals surface area contributed by atoms with Gasteiger partial charge in [0.2, 0.25) is 0 Å². The van der Waals surface area contributed by atoms with E-state index in [4.69, 9.17) is 0 Å². The first-order valence-electron chi connectivity index (χ1n) is 6.43. The summed E-state index contributed by atoms with van der Waals surface area (Å²) in [5.41, 5.74) is 1.75. The van der Waals surface area contributed by atoms with Gasteiger partial charge < -0.3 is 9.88 Å². The summed E-state index contributed by atoms with van der Waals surface area (Å²) in [6.45, 7) is 5.75. The number of aryl methyl sites for hydroxylation is 1. The monoisotopic (exact) mass is 220 g/mol. The van der Waals surface area contributed by atoms with Crippen LogP contribution in [0.2, 0.25) is 0 Å². The lowest BCUT2D eigenvalue weighted by Crippen LogP contribution is -2.44. The molecule has 0 bridgehead atoms. The van der Waals surface area contributed by atoms with Crippen LogP contribution < -0.4 is 5.32 Å². The number of nitrogens with zero attached hydrogens (tertiary/aromatic N) is 1. The first-order chi connectivity index (χ1) is 7.57. The van der Waals surface area contributed by atoms with Gasteiger partial charge in [-0.3, -0.25) is 0 Å². The lowest BCUT2D eigenvalue weighted by molar-refractivity contribution is 0.212. The molecule has 0 unspecified atom stereocenters. The van der Waals surface area contributed by atoms with Crippen LogP contribution in [0.5, 0.6) is 0 Å². The van der Waals surface area contributed by atoms with Crippen LogP contribution in [-0.2, 0) is 13.6 Å². The second-order valence-corrected chi connectivity index (χ2v) is 5.78. The van der Waals surface area contributed by atoms with E-state index in [0.29, 0.717) is 5.54 Å². The molecular formula is C14H24N2. The Labute approximate surface area is 99.0 Å². The average Bonchev–Trinajstić information content (AvgIpc) is 2.67. The van der Waals surface area contributed by atoms with Gasteiger partial charge in [0.25, 0.3) is 0 Å². The number of hydrogen-bond acceptors (Lipinski definition) is 1. The van der Waals surface area contributed by atoms with E-state index in [-0.39, 0.29) is 0 Å². The van der Waals surface area contributed by atoms with Gasteiger partial charge in [-0.2, -0.15) is 0 Å². The van der Waals surface area contributed by atoms with Crippen LogP contribution in [0, 0.1) is 5.92 Å². The van der Waals surface area contributed by atoms with Crippen LogP contribution in [0.1, 0.15) is 45.1 Å². The molecular weight excluding hydrogens is 196 g/mol. The summed E-state index contributed by atoms with van der Waals surface area (Å²) in [6.07, 6.45) is 9.70. The first-order valence-corrected chi connectivity index (χ1v) is 6.43. The van der Waals surface area contributed by atoms with Gasteiger partial charge in [0, 0.05) is 31.5 Å². The molecule has 16 heavy (non-hydrogen) atoms. The Morgan fingerprint density at radius 2 is 2.12 bits per heavy atom. The summed E-state index contributed by atoms with van der Waals surface area (Å²) in [6, 6.07) is 2.20. The molecule has 0 spiro atoms. The second-order valence-electron chi connectivity index (χ2n) is 5.78. The lowest BCUT2D eigenvalue weighted by atomic mass is 9.78. The van der Waals surface area contributed by atoms with E-state index in [2.05, 4.69) is 49.2 Å². The highest BCUT2D eigenvalue weighted by Crippen LogP contribution is 2.31. The predicted molar refractivity (Wildman–Crippen MR) is 68.3 cm³/mol. The van der Waals surface area contributed by atoms with Gasteiger partial charge in [0.05, 0.1) is 0 Å². The third kappa shape index (κ3) is 2.88. The molecule has 1 saturated carbocycles. The minimum Gasteiger partial charge on any atom is -0.357 e. The Kier molecular flexibility index (Phi) is 3.38. The summed E-state index contributed by atoms with van der Waals surface area (Å²) < 4.78 is 2.11. The summed E-state index contributed by atoms with van der Waals surface area (Å²) in [7, 11) is 2.08. The fraction of sp³-hybridized carbons (Fsp3) is 0.714. The van der Waals surface area contributed by atoms with E-state index in [1.165, 1.54) is 31.2 Å². The summed E-state index contributed by atoms with van der Waals surface area (Å²) in [5, 5.41) is 3.73. The van der Waals surface area contributed by atoms with Crippen molar-refractivity contribution in [2.24, 2.45) is 13.0 Å². The Balaban J connectivity index is 1.85. The minimum atomic E-state index is 0.363. The SMILES string of the molecule is CC1CCC(C)(NCc2ccn(C)c2)CC1. The maximum atomic E-state index is 3.73. The zero-order valence-electron chi connectivity index (χ0n) is 10.8. The van der Waals surface area contributed by atoms with Crippen LogP contribution in [0.25, 0.3) is 0 Å². The second kappa shape index (κ2) is 4.62. The van der Waals surface area contributed by atoms with Crippen molar-refractivity contribution in [3.63, 3.8) is 0 Å². The van der Waals surface area contributed by atoms with Crippen molar-refractivity contribution in [1.82, 2.24) is 9.88 Å². The van der Waals surface area contributed by atoms with Gasteiger partial charge in [-0.1, -0.05) is 6.92 Å². The number of aromatic nitrogens is 1. The number of hydrogen-bond donors (Lipinski definition) is 1. The molecule has 2 rings (SSSR count). The van der Waals surface area contributed by atoms with Gasteiger partial charge in [-0.25, -0.2) is 0 Å². The maximum absolute atomic E-state index is 3.73. The molecule has 0 aliphatic heterocycles. The molecule has 2 nitrogen and oxygen atoms in total. The lowest BCUT2D eigenvalue weighted by Gasteiger charge is -2.37. The normalized spacial score (nSPS) is 30.6. The summed E-state index contributed by atoms with van der Waals surface area (Å²) >= 11 is 0. The fourth-order valence-electron chi connectivity index (χ4n) is 2.56. The van der Waals surface area contributed by atoms with Crippen molar-refractivity contribution >= 4 is 0 Å². The first kappa shape index (κ1) is 11.7. The Hall–Kier alpha value is -0.760. The smallest absolute Gasteiger partial charge is 0.0225 e. The quantitative estimate of drug-likeness (QED) is 0.828. The molecule has 0 amide bonds. The van der Waals surface area contributed by atoms with Crippen molar-refractivity contribution in [2.75, 3.05) is 0 Å². The molecule has 0 radical (unpaired) electrons. The zero-order valence-corrected chi connectivity index (χ0v) is 10.8. The van der Waals surface area contributed by atoms with Crippen LogP contribution in [0.3, 0.4) is 0 Å². The number of rotatable bonds is 3. The molecule has 1 fully saturated rings. The van der Waals surface area contributed by atoms with Crippen molar-refractivity contribution in [1.29, 1.82) is 0 Å². The Bertz CT molecular complexity index is 332. The van der Waals surface area contributed by atoms with Crippen molar-refractivity contribution in [2.45, 2.75) is 51.6 Å². The molecule has 2 heteroatoms. The molecule has 90 valence electrons. The van der Waals surface area contributed by atoms with E-state index < -0.39 is 0 Å². The predicted octanol–water partition coefficient (Wildman–Crippen LogP) is 3.08. The van der Waals surface area contributed by atoms with Gasteiger partial charge >= 0.3 is 0 Å². The van der Waals surface area contributed by atoms with Gasteiger partial charge in [0.1, 0.15) is 0 Å². The highest BCUT2D eigenvalue weighted by atomic mass is 15.0. The average molecular weight is 220 g/mol. The summed E-state index contributed by atoms with van der Waals surface area (Å²) in [5.74, 6) is 0.923. The Morgan fingerprint density at radius 3 is 2.69 bits per heavy atom. The third-order valence-corrected chi connectivity index (χ3v) is 3.99. The van der Waals surface area contributed by atoms with Crippen molar-refractivity contribution in [3.8, 4) is 0 Å². The largest absolute Gasteiger partial charge is 0.357 e. The van der Waals surface area contributed by atoms with E-state index in [9.17, 15) is 0 Å². The molecule has 1 aliphatic rings.